The quantitative estimate of drug-likeness (QED) is 0.701. The average Bonchev–Trinajstić information content (AvgIpc) is 3.09. The zero-order valence-corrected chi connectivity index (χ0v) is 14.0. The first-order chi connectivity index (χ1) is 11.6. The number of carbonyl (C=O) groups is 1. The molecule has 0 unspecified atom stereocenters. The third-order valence-electron chi connectivity index (χ3n) is 3.63. The van der Waals surface area contributed by atoms with E-state index >= 15 is 0 Å². The van der Waals surface area contributed by atoms with Crippen LogP contribution in [0.25, 0.3) is 22.0 Å². The number of hydrogen-bond acceptors (Lipinski definition) is 5. The number of hydrogen-bond donors (Lipinski definition) is 2. The van der Waals surface area contributed by atoms with Crippen molar-refractivity contribution in [3.63, 3.8) is 0 Å². The van der Waals surface area contributed by atoms with E-state index in [0.717, 1.165) is 27.7 Å². The Balaban J connectivity index is 2.20. The number of benzene rings is 1. The Bertz CT molecular complexity index is 857. The van der Waals surface area contributed by atoms with Gasteiger partial charge in [0.25, 0.3) is 0 Å². The largest absolute Gasteiger partial charge is 0.462 e. The van der Waals surface area contributed by atoms with E-state index in [1.54, 1.807) is 19.3 Å². The lowest BCUT2D eigenvalue weighted by Gasteiger charge is -2.17. The molecule has 0 saturated heterocycles. The molecule has 0 atom stereocenters. The van der Waals surface area contributed by atoms with Crippen LogP contribution in [-0.2, 0) is 4.74 Å². The number of carbonyl (C=O) groups excluding carboxylic acids is 1. The lowest BCUT2D eigenvalue weighted by Crippen LogP contribution is -2.16. The summed E-state index contributed by atoms with van der Waals surface area (Å²) < 4.78 is 5.17. The fourth-order valence-corrected chi connectivity index (χ4v) is 2.59. The molecule has 0 aliphatic carbocycles. The number of nitrogens with zero attached hydrogens (tertiary/aromatic N) is 2. The number of anilines is 1. The number of pyridine rings is 1. The van der Waals surface area contributed by atoms with E-state index in [0.29, 0.717) is 12.2 Å². The summed E-state index contributed by atoms with van der Waals surface area (Å²) in [6.45, 7) is 6.17. The van der Waals surface area contributed by atoms with E-state index in [2.05, 4.69) is 20.5 Å². The average molecular weight is 324 g/mol. The molecule has 0 saturated carbocycles. The highest BCUT2D eigenvalue weighted by molar-refractivity contribution is 6.05. The molecule has 0 radical (unpaired) electrons. The molecule has 24 heavy (non-hydrogen) atoms. The van der Waals surface area contributed by atoms with Crippen LogP contribution >= 0.6 is 0 Å². The molecule has 0 spiro atoms. The number of aromatic amines is 1. The monoisotopic (exact) mass is 324 g/mol. The maximum Gasteiger partial charge on any atom is 0.341 e. The molecule has 0 aliphatic heterocycles. The summed E-state index contributed by atoms with van der Waals surface area (Å²) in [5.74, 6) is -0.372. The van der Waals surface area contributed by atoms with Crippen molar-refractivity contribution < 1.29 is 9.53 Å². The van der Waals surface area contributed by atoms with Crippen molar-refractivity contribution in [2.45, 2.75) is 26.8 Å². The van der Waals surface area contributed by atoms with Crippen molar-refractivity contribution >= 4 is 22.6 Å². The second-order valence-corrected chi connectivity index (χ2v) is 5.79. The number of esters is 1. The molecular weight excluding hydrogens is 304 g/mol. The highest BCUT2D eigenvalue weighted by Crippen LogP contribution is 2.31. The fourth-order valence-electron chi connectivity index (χ4n) is 2.59. The second kappa shape index (κ2) is 6.70. The van der Waals surface area contributed by atoms with Gasteiger partial charge in [0.2, 0.25) is 0 Å². The Morgan fingerprint density at radius 1 is 1.29 bits per heavy atom. The molecule has 2 heterocycles. The molecule has 0 amide bonds. The SMILES string of the molecule is CCOC(=O)c1cnc2ccc(-c3cn[nH]c3)cc2c1NC(C)C. The summed E-state index contributed by atoms with van der Waals surface area (Å²) in [7, 11) is 0. The van der Waals surface area contributed by atoms with Crippen molar-refractivity contribution in [3.8, 4) is 11.1 Å². The van der Waals surface area contributed by atoms with E-state index in [4.69, 9.17) is 4.74 Å². The molecule has 3 rings (SSSR count). The lowest BCUT2D eigenvalue weighted by atomic mass is 10.0. The molecule has 3 aromatic rings. The van der Waals surface area contributed by atoms with Gasteiger partial charge in [0.15, 0.2) is 0 Å². The third-order valence-corrected chi connectivity index (χ3v) is 3.63. The molecule has 6 heteroatoms. The van der Waals surface area contributed by atoms with Crippen molar-refractivity contribution in [1.82, 2.24) is 15.2 Å². The summed E-state index contributed by atoms with van der Waals surface area (Å²) in [4.78, 5) is 16.7. The van der Waals surface area contributed by atoms with Crippen molar-refractivity contribution in [2.75, 3.05) is 11.9 Å². The van der Waals surface area contributed by atoms with Crippen LogP contribution in [0.5, 0.6) is 0 Å². The van der Waals surface area contributed by atoms with Gasteiger partial charge in [-0.2, -0.15) is 5.10 Å². The minimum absolute atomic E-state index is 0.168. The maximum absolute atomic E-state index is 12.3. The van der Waals surface area contributed by atoms with Gasteiger partial charge >= 0.3 is 5.97 Å². The number of ether oxygens (including phenoxy) is 1. The smallest absolute Gasteiger partial charge is 0.341 e. The maximum atomic E-state index is 12.3. The number of rotatable bonds is 5. The summed E-state index contributed by atoms with van der Waals surface area (Å²) in [5.41, 5.74) is 4.00. The van der Waals surface area contributed by atoms with E-state index in [-0.39, 0.29) is 12.0 Å². The zero-order chi connectivity index (χ0) is 17.1. The number of H-pyrrole nitrogens is 1. The van der Waals surface area contributed by atoms with E-state index in [9.17, 15) is 4.79 Å². The number of fused-ring (bicyclic) bond motifs is 1. The molecule has 2 N–H and O–H groups in total. The van der Waals surface area contributed by atoms with Gasteiger partial charge in [0, 0.05) is 29.4 Å². The van der Waals surface area contributed by atoms with E-state index in [1.165, 1.54) is 0 Å². The molecule has 2 aromatic heterocycles. The standard InChI is InChI=1S/C18H20N4O2/c1-4-24-18(23)15-10-19-16-6-5-12(13-8-20-21-9-13)7-14(16)17(15)22-11(2)3/h5-11H,4H2,1-3H3,(H,19,22)(H,20,21). The first-order valence-electron chi connectivity index (χ1n) is 7.95. The molecule has 6 nitrogen and oxygen atoms in total. The topological polar surface area (TPSA) is 79.9 Å². The lowest BCUT2D eigenvalue weighted by molar-refractivity contribution is 0.0527. The minimum atomic E-state index is -0.372. The van der Waals surface area contributed by atoms with E-state index < -0.39 is 0 Å². The number of aromatic nitrogens is 3. The highest BCUT2D eigenvalue weighted by Gasteiger charge is 2.18. The molecule has 0 bridgehead atoms. The van der Waals surface area contributed by atoms with Gasteiger partial charge in [0.1, 0.15) is 5.56 Å². The summed E-state index contributed by atoms with van der Waals surface area (Å²) in [6.07, 6.45) is 5.17. The predicted octanol–water partition coefficient (Wildman–Crippen LogP) is 3.62. The summed E-state index contributed by atoms with van der Waals surface area (Å²) in [5, 5.41) is 11.0. The first-order valence-corrected chi connectivity index (χ1v) is 7.95. The third kappa shape index (κ3) is 3.08. The minimum Gasteiger partial charge on any atom is -0.462 e. The normalized spacial score (nSPS) is 11.0. The van der Waals surface area contributed by atoms with Crippen molar-refractivity contribution in [3.05, 3.63) is 42.4 Å². The van der Waals surface area contributed by atoms with Gasteiger partial charge in [-0.3, -0.25) is 10.1 Å². The number of nitrogens with one attached hydrogen (secondary N) is 2. The highest BCUT2D eigenvalue weighted by atomic mass is 16.5. The van der Waals surface area contributed by atoms with Crippen LogP contribution < -0.4 is 5.32 Å². The van der Waals surface area contributed by atoms with Crippen LogP contribution in [0.1, 0.15) is 31.1 Å². The summed E-state index contributed by atoms with van der Waals surface area (Å²) >= 11 is 0. The van der Waals surface area contributed by atoms with E-state index in [1.807, 2.05) is 38.2 Å². The van der Waals surface area contributed by atoms with Gasteiger partial charge in [0.05, 0.1) is 24.0 Å². The molecular formula is C18H20N4O2. The van der Waals surface area contributed by atoms with Gasteiger partial charge < -0.3 is 10.1 Å². The van der Waals surface area contributed by atoms with Crippen LogP contribution in [0, 0.1) is 0 Å². The Morgan fingerprint density at radius 3 is 2.79 bits per heavy atom. The van der Waals surface area contributed by atoms with Crippen molar-refractivity contribution in [1.29, 1.82) is 0 Å². The molecule has 0 aliphatic rings. The van der Waals surface area contributed by atoms with Gasteiger partial charge in [-0.25, -0.2) is 4.79 Å². The Hall–Kier alpha value is -2.89. The van der Waals surface area contributed by atoms with Crippen LogP contribution in [-0.4, -0.2) is 33.8 Å². The van der Waals surface area contributed by atoms with Gasteiger partial charge in [-0.1, -0.05) is 6.07 Å². The fraction of sp³-hybridized carbons (Fsp3) is 0.278. The van der Waals surface area contributed by atoms with Gasteiger partial charge in [-0.15, -0.1) is 0 Å². The summed E-state index contributed by atoms with van der Waals surface area (Å²) in [6, 6.07) is 6.11. The van der Waals surface area contributed by atoms with Crippen LogP contribution in [0.15, 0.2) is 36.8 Å². The molecule has 1 aromatic carbocycles. The first kappa shape index (κ1) is 16.0. The molecule has 124 valence electrons. The molecule has 0 fully saturated rings. The zero-order valence-electron chi connectivity index (χ0n) is 14.0. The van der Waals surface area contributed by atoms with Crippen molar-refractivity contribution in [2.24, 2.45) is 0 Å². The Kier molecular flexibility index (Phi) is 4.46. The predicted molar refractivity (Wildman–Crippen MR) is 94.0 cm³/mol. The Labute approximate surface area is 140 Å². The van der Waals surface area contributed by atoms with Crippen LogP contribution in [0.4, 0.5) is 5.69 Å². The second-order valence-electron chi connectivity index (χ2n) is 5.79. The van der Waals surface area contributed by atoms with Gasteiger partial charge in [-0.05, 0) is 38.5 Å². The van der Waals surface area contributed by atoms with Crippen LogP contribution in [0.3, 0.4) is 0 Å². The Morgan fingerprint density at radius 2 is 2.12 bits per heavy atom. The van der Waals surface area contributed by atoms with Crippen LogP contribution in [0.2, 0.25) is 0 Å².